The molecule has 28 heavy (non-hydrogen) atoms. The van der Waals surface area contributed by atoms with Crippen molar-refractivity contribution in [1.82, 2.24) is 10.2 Å². The van der Waals surface area contributed by atoms with E-state index in [0.29, 0.717) is 11.3 Å². The third kappa shape index (κ3) is 4.33. The topological polar surface area (TPSA) is 67.0 Å². The molecule has 2 aromatic carbocycles. The molecule has 2 N–H and O–H groups in total. The van der Waals surface area contributed by atoms with E-state index < -0.39 is 17.8 Å². The first-order valence-corrected chi connectivity index (χ1v) is 8.54. The number of aromatic amines is 1. The summed E-state index contributed by atoms with van der Waals surface area (Å²) in [6.45, 7) is 3.75. The number of rotatable bonds is 5. The van der Waals surface area contributed by atoms with Crippen molar-refractivity contribution >= 4 is 11.7 Å². The second-order valence-electron chi connectivity index (χ2n) is 6.33. The monoisotopic (exact) mass is 389 g/mol. The Bertz CT molecular complexity index is 949. The molecule has 0 aliphatic carbocycles. The third-order valence-electron chi connectivity index (χ3n) is 3.83. The van der Waals surface area contributed by atoms with Gasteiger partial charge < -0.3 is 10.1 Å². The van der Waals surface area contributed by atoms with E-state index in [1.165, 1.54) is 24.3 Å². The van der Waals surface area contributed by atoms with Crippen LogP contribution in [-0.2, 0) is 6.18 Å². The molecule has 3 aromatic rings. The lowest BCUT2D eigenvalue weighted by molar-refractivity contribution is -0.140. The minimum absolute atomic E-state index is 0.0158. The smallest absolute Gasteiger partial charge is 0.433 e. The Labute approximate surface area is 159 Å². The molecule has 0 aliphatic heterocycles. The van der Waals surface area contributed by atoms with E-state index in [9.17, 15) is 18.0 Å². The fourth-order valence-corrected chi connectivity index (χ4v) is 2.66. The molecule has 0 fully saturated rings. The Kier molecular flexibility index (Phi) is 5.39. The van der Waals surface area contributed by atoms with Crippen molar-refractivity contribution in [1.29, 1.82) is 0 Å². The van der Waals surface area contributed by atoms with Gasteiger partial charge in [0.05, 0.1) is 11.7 Å². The number of nitrogens with zero attached hydrogens (tertiary/aromatic N) is 1. The van der Waals surface area contributed by atoms with Crippen LogP contribution >= 0.6 is 0 Å². The summed E-state index contributed by atoms with van der Waals surface area (Å²) in [5.74, 6) is -0.171. The molecule has 3 rings (SSSR count). The van der Waals surface area contributed by atoms with E-state index in [1.54, 1.807) is 30.3 Å². The van der Waals surface area contributed by atoms with Gasteiger partial charge in [0.15, 0.2) is 5.82 Å². The zero-order valence-electron chi connectivity index (χ0n) is 15.2. The van der Waals surface area contributed by atoms with Gasteiger partial charge in [-0.1, -0.05) is 30.3 Å². The van der Waals surface area contributed by atoms with Crippen LogP contribution in [0.5, 0.6) is 5.75 Å². The lowest BCUT2D eigenvalue weighted by atomic mass is 10.0. The SMILES string of the molecule is CC(C)Oc1ccc(C(=O)Nc2n[nH]c(C(F)(F)F)c2-c2ccccc2)cc1. The van der Waals surface area contributed by atoms with Gasteiger partial charge in [-0.05, 0) is 43.7 Å². The van der Waals surface area contributed by atoms with Crippen molar-refractivity contribution in [2.24, 2.45) is 0 Å². The average molecular weight is 389 g/mol. The second-order valence-corrected chi connectivity index (χ2v) is 6.33. The molecule has 0 atom stereocenters. The summed E-state index contributed by atoms with van der Waals surface area (Å²) in [6.07, 6.45) is -4.66. The Balaban J connectivity index is 1.90. The van der Waals surface area contributed by atoms with Crippen LogP contribution in [0.3, 0.4) is 0 Å². The average Bonchev–Trinajstić information content (AvgIpc) is 3.06. The Morgan fingerprint density at radius 2 is 1.71 bits per heavy atom. The highest BCUT2D eigenvalue weighted by molar-refractivity contribution is 6.05. The highest BCUT2D eigenvalue weighted by Crippen LogP contribution is 2.39. The minimum Gasteiger partial charge on any atom is -0.491 e. The molecule has 0 bridgehead atoms. The number of halogens is 3. The van der Waals surface area contributed by atoms with Gasteiger partial charge >= 0.3 is 6.18 Å². The van der Waals surface area contributed by atoms with Crippen LogP contribution in [0.4, 0.5) is 19.0 Å². The number of hydrogen-bond acceptors (Lipinski definition) is 3. The number of anilines is 1. The predicted molar refractivity (Wildman–Crippen MR) is 99.2 cm³/mol. The fraction of sp³-hybridized carbons (Fsp3) is 0.200. The summed E-state index contributed by atoms with van der Waals surface area (Å²) in [5.41, 5.74) is -0.665. The summed E-state index contributed by atoms with van der Waals surface area (Å²) >= 11 is 0. The molecule has 0 unspecified atom stereocenters. The highest BCUT2D eigenvalue weighted by atomic mass is 19.4. The minimum atomic E-state index is -4.64. The van der Waals surface area contributed by atoms with Crippen LogP contribution in [0.2, 0.25) is 0 Å². The molecule has 0 aliphatic rings. The van der Waals surface area contributed by atoms with Crippen molar-refractivity contribution in [2.45, 2.75) is 26.1 Å². The Morgan fingerprint density at radius 3 is 2.29 bits per heavy atom. The maximum Gasteiger partial charge on any atom is 0.433 e. The van der Waals surface area contributed by atoms with Gasteiger partial charge in [-0.15, -0.1) is 0 Å². The molecule has 146 valence electrons. The van der Waals surface area contributed by atoms with Gasteiger partial charge in [0, 0.05) is 5.56 Å². The van der Waals surface area contributed by atoms with Crippen molar-refractivity contribution in [3.63, 3.8) is 0 Å². The summed E-state index contributed by atoms with van der Waals surface area (Å²) < 4.78 is 45.6. The number of nitrogens with one attached hydrogen (secondary N) is 2. The van der Waals surface area contributed by atoms with Gasteiger partial charge in [-0.2, -0.15) is 18.3 Å². The third-order valence-corrected chi connectivity index (χ3v) is 3.83. The van der Waals surface area contributed by atoms with Crippen LogP contribution in [0.15, 0.2) is 54.6 Å². The molecule has 1 amide bonds. The van der Waals surface area contributed by atoms with Gasteiger partial charge in [-0.3, -0.25) is 9.89 Å². The van der Waals surface area contributed by atoms with Crippen molar-refractivity contribution in [3.05, 3.63) is 65.9 Å². The Morgan fingerprint density at radius 1 is 1.07 bits per heavy atom. The first kappa shape index (κ1) is 19.5. The van der Waals surface area contributed by atoms with Gasteiger partial charge in [0.2, 0.25) is 0 Å². The molecule has 0 saturated heterocycles. The number of ether oxygens (including phenoxy) is 1. The molecule has 8 heteroatoms. The zero-order valence-corrected chi connectivity index (χ0v) is 15.2. The van der Waals surface area contributed by atoms with E-state index in [1.807, 2.05) is 18.9 Å². The van der Waals surface area contributed by atoms with Crippen molar-refractivity contribution in [3.8, 4) is 16.9 Å². The first-order valence-electron chi connectivity index (χ1n) is 8.54. The molecular weight excluding hydrogens is 371 g/mol. The van der Waals surface area contributed by atoms with Crippen LogP contribution < -0.4 is 10.1 Å². The number of carbonyl (C=O) groups excluding carboxylic acids is 1. The predicted octanol–water partition coefficient (Wildman–Crippen LogP) is 5.14. The van der Waals surface area contributed by atoms with Crippen LogP contribution in [0.1, 0.15) is 29.9 Å². The summed E-state index contributed by atoms with van der Waals surface area (Å²) in [7, 11) is 0. The van der Waals surface area contributed by atoms with E-state index in [-0.39, 0.29) is 23.0 Å². The number of H-pyrrole nitrogens is 1. The lowest BCUT2D eigenvalue weighted by Crippen LogP contribution is -2.13. The number of aromatic nitrogens is 2. The van der Waals surface area contributed by atoms with Crippen molar-refractivity contribution in [2.75, 3.05) is 5.32 Å². The second kappa shape index (κ2) is 7.75. The lowest BCUT2D eigenvalue weighted by Gasteiger charge is -2.11. The highest BCUT2D eigenvalue weighted by Gasteiger charge is 2.38. The Hall–Kier alpha value is -3.29. The maximum absolute atomic E-state index is 13.4. The zero-order chi connectivity index (χ0) is 20.3. The normalized spacial score (nSPS) is 11.5. The number of amides is 1. The molecule has 0 radical (unpaired) electrons. The van der Waals surface area contributed by atoms with Crippen LogP contribution in [-0.4, -0.2) is 22.2 Å². The van der Waals surface area contributed by atoms with Gasteiger partial charge in [-0.25, -0.2) is 0 Å². The standard InChI is InChI=1S/C20H18F3N3O2/c1-12(2)28-15-10-8-14(9-11-15)19(27)24-18-16(13-6-4-3-5-7-13)17(25-26-18)20(21,22)23/h3-12H,1-2H3,(H2,24,25,26,27). The van der Waals surface area contributed by atoms with Crippen LogP contribution in [0, 0.1) is 0 Å². The van der Waals surface area contributed by atoms with E-state index in [0.717, 1.165) is 0 Å². The maximum atomic E-state index is 13.4. The molecule has 1 aromatic heterocycles. The van der Waals surface area contributed by atoms with E-state index in [2.05, 4.69) is 10.4 Å². The number of hydrogen-bond donors (Lipinski definition) is 2. The molecule has 5 nitrogen and oxygen atoms in total. The summed E-state index contributed by atoms with van der Waals surface area (Å²) in [5, 5.41) is 8.13. The largest absolute Gasteiger partial charge is 0.491 e. The van der Waals surface area contributed by atoms with E-state index in [4.69, 9.17) is 4.74 Å². The number of alkyl halides is 3. The number of carbonyl (C=O) groups is 1. The van der Waals surface area contributed by atoms with Gasteiger partial charge in [0.1, 0.15) is 11.4 Å². The fourth-order valence-electron chi connectivity index (χ4n) is 2.66. The number of benzene rings is 2. The molecular formula is C20H18F3N3O2. The van der Waals surface area contributed by atoms with E-state index >= 15 is 0 Å². The molecule has 0 spiro atoms. The van der Waals surface area contributed by atoms with Crippen molar-refractivity contribution < 1.29 is 22.7 Å². The van der Waals surface area contributed by atoms with Gasteiger partial charge in [0.25, 0.3) is 5.91 Å². The van der Waals surface area contributed by atoms with Crippen LogP contribution in [0.25, 0.3) is 11.1 Å². The summed E-state index contributed by atoms with van der Waals surface area (Å²) in [4.78, 5) is 12.5. The first-order chi connectivity index (χ1) is 13.3. The molecule has 0 saturated carbocycles. The summed E-state index contributed by atoms with van der Waals surface area (Å²) in [6, 6.07) is 14.3. The molecule has 1 heterocycles. The quantitative estimate of drug-likeness (QED) is 0.635.